The maximum absolute atomic E-state index is 13.7. The SMILES string of the molecule is Cc1c(C(=O)N2CC3(C)CC2CC(C)(C)C3)sc2ncnc(NCCN3CCOCC3)c12. The summed E-state index contributed by atoms with van der Waals surface area (Å²) in [6.07, 6.45) is 5.01. The van der Waals surface area contributed by atoms with Gasteiger partial charge < -0.3 is 15.0 Å². The Bertz CT molecular complexity index is 1020. The first-order valence-electron chi connectivity index (χ1n) is 11.8. The lowest BCUT2D eigenvalue weighted by atomic mass is 9.65. The maximum Gasteiger partial charge on any atom is 0.264 e. The van der Waals surface area contributed by atoms with Crippen molar-refractivity contribution in [3.8, 4) is 0 Å². The third-order valence-corrected chi connectivity index (χ3v) is 8.61. The monoisotopic (exact) mass is 457 g/mol. The number of carbonyl (C=O) groups excluding carboxylic acids is 1. The molecular formula is C24H35N5O2S. The van der Waals surface area contributed by atoms with Crippen molar-refractivity contribution in [2.24, 2.45) is 10.8 Å². The molecule has 174 valence electrons. The van der Waals surface area contributed by atoms with E-state index in [9.17, 15) is 4.79 Å². The van der Waals surface area contributed by atoms with Gasteiger partial charge in [0.25, 0.3) is 5.91 Å². The second-order valence-electron chi connectivity index (χ2n) is 11.0. The zero-order valence-electron chi connectivity index (χ0n) is 19.7. The molecule has 2 aromatic heterocycles. The van der Waals surface area contributed by atoms with E-state index >= 15 is 0 Å². The Morgan fingerprint density at radius 1 is 1.25 bits per heavy atom. The molecule has 1 aliphatic carbocycles. The zero-order valence-corrected chi connectivity index (χ0v) is 20.6. The molecule has 0 radical (unpaired) electrons. The second-order valence-corrected chi connectivity index (χ2v) is 12.0. The van der Waals surface area contributed by atoms with E-state index in [0.29, 0.717) is 11.5 Å². The van der Waals surface area contributed by atoms with E-state index in [4.69, 9.17) is 4.74 Å². The molecule has 2 saturated heterocycles. The summed E-state index contributed by atoms with van der Waals surface area (Å²) in [5.41, 5.74) is 1.54. The molecule has 1 N–H and O–H groups in total. The fraction of sp³-hybridized carbons (Fsp3) is 0.708. The summed E-state index contributed by atoms with van der Waals surface area (Å²) in [5.74, 6) is 1.01. The molecule has 2 aromatic rings. The smallest absolute Gasteiger partial charge is 0.264 e. The minimum Gasteiger partial charge on any atom is -0.379 e. The highest BCUT2D eigenvalue weighted by Gasteiger charge is 2.51. The average molecular weight is 458 g/mol. The number of aryl methyl sites for hydroxylation is 1. The van der Waals surface area contributed by atoms with Crippen molar-refractivity contribution >= 4 is 33.3 Å². The van der Waals surface area contributed by atoms with Gasteiger partial charge in [0, 0.05) is 38.8 Å². The van der Waals surface area contributed by atoms with Crippen molar-refractivity contribution in [2.45, 2.75) is 53.0 Å². The molecule has 3 fully saturated rings. The Balaban J connectivity index is 1.35. The van der Waals surface area contributed by atoms with Crippen LogP contribution in [0.5, 0.6) is 0 Å². The van der Waals surface area contributed by atoms with Crippen molar-refractivity contribution in [1.82, 2.24) is 19.8 Å². The predicted octanol–water partition coefficient (Wildman–Crippen LogP) is 3.78. The Morgan fingerprint density at radius 3 is 2.81 bits per heavy atom. The molecule has 7 nitrogen and oxygen atoms in total. The largest absolute Gasteiger partial charge is 0.379 e. The Hall–Kier alpha value is -1.77. The topological polar surface area (TPSA) is 70.6 Å². The normalized spacial score (nSPS) is 27.8. The van der Waals surface area contributed by atoms with E-state index < -0.39 is 0 Å². The summed E-state index contributed by atoms with van der Waals surface area (Å²) < 4.78 is 5.43. The van der Waals surface area contributed by atoms with E-state index in [-0.39, 0.29) is 11.3 Å². The van der Waals surface area contributed by atoms with Gasteiger partial charge in [-0.15, -0.1) is 11.3 Å². The highest BCUT2D eigenvalue weighted by atomic mass is 32.1. The quantitative estimate of drug-likeness (QED) is 0.737. The fourth-order valence-electron chi connectivity index (χ4n) is 6.39. The van der Waals surface area contributed by atoms with E-state index in [2.05, 4.69) is 52.8 Å². The zero-order chi connectivity index (χ0) is 22.5. The van der Waals surface area contributed by atoms with Crippen LogP contribution in [0.1, 0.15) is 55.3 Å². The van der Waals surface area contributed by atoms with Crippen LogP contribution >= 0.6 is 11.3 Å². The summed E-state index contributed by atoms with van der Waals surface area (Å²) in [6.45, 7) is 15.3. The number of nitrogens with zero attached hydrogens (tertiary/aromatic N) is 4. The number of hydrogen-bond donors (Lipinski definition) is 1. The molecule has 5 rings (SSSR count). The number of hydrogen-bond acceptors (Lipinski definition) is 7. The van der Waals surface area contributed by atoms with Crippen molar-refractivity contribution in [3.05, 3.63) is 16.8 Å². The molecule has 2 atom stereocenters. The summed E-state index contributed by atoms with van der Waals surface area (Å²) in [5, 5.41) is 4.50. The number of anilines is 1. The molecule has 8 heteroatoms. The number of carbonyl (C=O) groups is 1. The van der Waals surface area contributed by atoms with Crippen LogP contribution in [0.25, 0.3) is 10.2 Å². The number of nitrogens with one attached hydrogen (secondary N) is 1. The van der Waals surface area contributed by atoms with Gasteiger partial charge in [0.1, 0.15) is 17.0 Å². The van der Waals surface area contributed by atoms with Crippen LogP contribution in [-0.4, -0.2) is 77.7 Å². The Morgan fingerprint density at radius 2 is 2.03 bits per heavy atom. The standard InChI is InChI=1S/C24H35N5O2S/c1-16-18-20(25-5-6-28-7-9-31-10-8-28)26-15-27-21(18)32-19(16)22(30)29-14-24(4)12-17(29)11-23(2,3)13-24/h15,17H,5-14H2,1-4H3,(H,25,26,27). The maximum atomic E-state index is 13.7. The van der Waals surface area contributed by atoms with Gasteiger partial charge in [-0.25, -0.2) is 9.97 Å². The van der Waals surface area contributed by atoms with E-state index in [1.807, 2.05) is 0 Å². The van der Waals surface area contributed by atoms with E-state index in [1.165, 1.54) is 17.8 Å². The van der Waals surface area contributed by atoms with Crippen LogP contribution in [0.4, 0.5) is 5.82 Å². The first-order valence-corrected chi connectivity index (χ1v) is 12.7. The number of ether oxygens (including phenoxy) is 1. The number of morpholine rings is 1. The predicted molar refractivity (Wildman–Crippen MR) is 128 cm³/mol. The Kier molecular flexibility index (Phi) is 5.66. The van der Waals surface area contributed by atoms with Gasteiger partial charge in [-0.05, 0) is 42.6 Å². The van der Waals surface area contributed by atoms with Gasteiger partial charge in [-0.1, -0.05) is 20.8 Å². The Labute approximate surface area is 194 Å². The first kappa shape index (κ1) is 22.0. The van der Waals surface area contributed by atoms with E-state index in [0.717, 1.165) is 85.3 Å². The van der Waals surface area contributed by atoms with Gasteiger partial charge in [0.15, 0.2) is 0 Å². The third-order valence-electron chi connectivity index (χ3n) is 7.42. The van der Waals surface area contributed by atoms with Crippen LogP contribution in [0.2, 0.25) is 0 Å². The van der Waals surface area contributed by atoms with Crippen LogP contribution in [0, 0.1) is 17.8 Å². The number of likely N-dealkylation sites (tertiary alicyclic amines) is 1. The summed E-state index contributed by atoms with van der Waals surface area (Å²) >= 11 is 1.52. The molecule has 2 aliphatic heterocycles. The third kappa shape index (κ3) is 4.13. The number of fused-ring (bicyclic) bond motifs is 3. The molecule has 1 saturated carbocycles. The van der Waals surface area contributed by atoms with Crippen molar-refractivity contribution in [3.63, 3.8) is 0 Å². The van der Waals surface area contributed by atoms with Crippen molar-refractivity contribution < 1.29 is 9.53 Å². The van der Waals surface area contributed by atoms with Crippen LogP contribution in [0.3, 0.4) is 0 Å². The molecule has 0 aromatic carbocycles. The molecular weight excluding hydrogens is 422 g/mol. The van der Waals surface area contributed by atoms with Gasteiger partial charge in [0.2, 0.25) is 0 Å². The molecule has 32 heavy (non-hydrogen) atoms. The molecule has 3 aliphatic rings. The van der Waals surface area contributed by atoms with Crippen molar-refractivity contribution in [2.75, 3.05) is 51.3 Å². The number of thiophene rings is 1. The number of aromatic nitrogens is 2. The van der Waals surface area contributed by atoms with Gasteiger partial charge >= 0.3 is 0 Å². The number of amides is 1. The van der Waals surface area contributed by atoms with Crippen LogP contribution < -0.4 is 5.32 Å². The van der Waals surface area contributed by atoms with E-state index in [1.54, 1.807) is 6.33 Å². The lowest BCUT2D eigenvalue weighted by molar-refractivity contribution is 0.0398. The molecule has 0 spiro atoms. The van der Waals surface area contributed by atoms with Crippen LogP contribution in [-0.2, 0) is 4.74 Å². The summed E-state index contributed by atoms with van der Waals surface area (Å²) in [7, 11) is 0. The second kappa shape index (κ2) is 8.22. The fourth-order valence-corrected chi connectivity index (χ4v) is 7.50. The molecule has 1 amide bonds. The minimum atomic E-state index is 0.177. The molecule has 2 unspecified atom stereocenters. The molecule has 2 bridgehead atoms. The van der Waals surface area contributed by atoms with Gasteiger partial charge in [-0.3, -0.25) is 9.69 Å². The lowest BCUT2D eigenvalue weighted by Crippen LogP contribution is -2.39. The number of rotatable bonds is 5. The van der Waals surface area contributed by atoms with Gasteiger partial charge in [-0.2, -0.15) is 0 Å². The highest BCUT2D eigenvalue weighted by molar-refractivity contribution is 7.20. The van der Waals surface area contributed by atoms with Gasteiger partial charge in [0.05, 0.1) is 23.5 Å². The summed E-state index contributed by atoms with van der Waals surface area (Å²) in [6, 6.07) is 0.345. The minimum absolute atomic E-state index is 0.177. The molecule has 4 heterocycles. The summed E-state index contributed by atoms with van der Waals surface area (Å²) in [4.78, 5) is 29.0. The highest BCUT2D eigenvalue weighted by Crippen LogP contribution is 2.53. The van der Waals surface area contributed by atoms with Crippen molar-refractivity contribution in [1.29, 1.82) is 0 Å². The lowest BCUT2D eigenvalue weighted by Gasteiger charge is -2.39. The average Bonchev–Trinajstić information content (AvgIpc) is 3.21. The first-order chi connectivity index (χ1) is 15.2. The van der Waals surface area contributed by atoms with Crippen LogP contribution in [0.15, 0.2) is 6.33 Å².